The van der Waals surface area contributed by atoms with Gasteiger partial charge in [-0.25, -0.2) is 17.2 Å². The van der Waals surface area contributed by atoms with Crippen molar-refractivity contribution in [1.29, 1.82) is 0 Å². The van der Waals surface area contributed by atoms with Gasteiger partial charge in [-0.1, -0.05) is 6.07 Å². The molecule has 1 amide bonds. The summed E-state index contributed by atoms with van der Waals surface area (Å²) in [4.78, 5) is 16.6. The van der Waals surface area contributed by atoms with Crippen molar-refractivity contribution in [2.75, 3.05) is 35.8 Å². The van der Waals surface area contributed by atoms with Gasteiger partial charge in [0.15, 0.2) is 0 Å². The lowest BCUT2D eigenvalue weighted by molar-refractivity contribution is 0.0746. The van der Waals surface area contributed by atoms with E-state index in [1.807, 2.05) is 0 Å². The highest BCUT2D eigenvalue weighted by atomic mass is 32.2. The Balaban J connectivity index is 1.44. The van der Waals surface area contributed by atoms with Crippen LogP contribution < -0.4 is 9.62 Å². The Morgan fingerprint density at radius 2 is 1.41 bits per heavy atom. The van der Waals surface area contributed by atoms with Crippen molar-refractivity contribution in [3.8, 4) is 0 Å². The quantitative estimate of drug-likeness (QED) is 0.634. The van der Waals surface area contributed by atoms with Crippen molar-refractivity contribution in [1.82, 2.24) is 4.90 Å². The Morgan fingerprint density at radius 3 is 2.03 bits per heavy atom. The van der Waals surface area contributed by atoms with Crippen LogP contribution in [-0.4, -0.2) is 45.4 Å². The van der Waals surface area contributed by atoms with E-state index in [9.17, 15) is 22.0 Å². The second kappa shape index (κ2) is 8.96. The van der Waals surface area contributed by atoms with Gasteiger partial charge < -0.3 is 9.80 Å². The fourth-order valence-corrected chi connectivity index (χ4v) is 4.63. The molecule has 1 aliphatic rings. The van der Waals surface area contributed by atoms with Gasteiger partial charge in [0.2, 0.25) is 0 Å². The standard InChI is InChI=1S/C23H21F2N3O3S/c24-18-4-8-20(9-5-18)26-32(30,31)22-3-1-2-17(16-22)23(29)28-14-12-27(13-15-28)21-10-6-19(25)7-11-21/h1-11,16,26H,12-15H2. The van der Waals surface area contributed by atoms with E-state index in [1.54, 1.807) is 23.1 Å². The summed E-state index contributed by atoms with van der Waals surface area (Å²) in [6.45, 7) is 2.09. The predicted octanol–water partition coefficient (Wildman–Crippen LogP) is 3.73. The SMILES string of the molecule is O=C(c1cccc(S(=O)(=O)Nc2ccc(F)cc2)c1)N1CCN(c2ccc(F)cc2)CC1. The Hall–Kier alpha value is -3.46. The van der Waals surface area contributed by atoms with Crippen LogP contribution in [0, 0.1) is 11.6 Å². The number of hydrogen-bond acceptors (Lipinski definition) is 4. The average Bonchev–Trinajstić information content (AvgIpc) is 2.81. The molecule has 4 rings (SSSR count). The first-order valence-electron chi connectivity index (χ1n) is 10.00. The highest BCUT2D eigenvalue weighted by Gasteiger charge is 2.24. The number of carbonyl (C=O) groups excluding carboxylic acids is 1. The third kappa shape index (κ3) is 4.88. The first-order valence-corrected chi connectivity index (χ1v) is 11.5. The van der Waals surface area contributed by atoms with E-state index in [4.69, 9.17) is 0 Å². The number of nitrogens with zero attached hydrogens (tertiary/aromatic N) is 2. The van der Waals surface area contributed by atoms with Gasteiger partial charge in [0.25, 0.3) is 15.9 Å². The largest absolute Gasteiger partial charge is 0.368 e. The van der Waals surface area contributed by atoms with E-state index in [0.29, 0.717) is 26.2 Å². The first-order chi connectivity index (χ1) is 15.3. The summed E-state index contributed by atoms with van der Waals surface area (Å²) < 4.78 is 54.0. The Kier molecular flexibility index (Phi) is 6.09. The number of amides is 1. The molecule has 1 fully saturated rings. The van der Waals surface area contributed by atoms with Crippen LogP contribution in [0.1, 0.15) is 10.4 Å². The van der Waals surface area contributed by atoms with Crippen LogP contribution in [0.15, 0.2) is 77.7 Å². The molecule has 1 heterocycles. The molecule has 1 aliphatic heterocycles. The molecule has 0 saturated carbocycles. The molecule has 0 atom stereocenters. The number of nitrogens with one attached hydrogen (secondary N) is 1. The molecule has 166 valence electrons. The third-order valence-electron chi connectivity index (χ3n) is 5.25. The number of rotatable bonds is 5. The molecule has 0 radical (unpaired) electrons. The van der Waals surface area contributed by atoms with E-state index in [0.717, 1.165) is 17.8 Å². The molecule has 0 aliphatic carbocycles. The summed E-state index contributed by atoms with van der Waals surface area (Å²) in [5.41, 5.74) is 1.38. The third-order valence-corrected chi connectivity index (χ3v) is 6.63. The minimum Gasteiger partial charge on any atom is -0.368 e. The molecule has 0 bridgehead atoms. The van der Waals surface area contributed by atoms with Crippen molar-refractivity contribution >= 4 is 27.3 Å². The zero-order chi connectivity index (χ0) is 22.7. The van der Waals surface area contributed by atoms with Crippen LogP contribution in [0.3, 0.4) is 0 Å². The fraction of sp³-hybridized carbons (Fsp3) is 0.174. The molecule has 6 nitrogen and oxygen atoms in total. The van der Waals surface area contributed by atoms with Crippen LogP contribution in [-0.2, 0) is 10.0 Å². The molecular formula is C23H21F2N3O3S. The van der Waals surface area contributed by atoms with Crippen LogP contribution in [0.5, 0.6) is 0 Å². The normalized spacial score (nSPS) is 14.3. The fourth-order valence-electron chi connectivity index (χ4n) is 3.53. The second-order valence-corrected chi connectivity index (χ2v) is 9.08. The Bertz CT molecular complexity index is 1210. The predicted molar refractivity (Wildman–Crippen MR) is 118 cm³/mol. The number of benzene rings is 3. The van der Waals surface area contributed by atoms with Gasteiger partial charge in [-0.2, -0.15) is 0 Å². The van der Waals surface area contributed by atoms with Gasteiger partial charge in [-0.05, 0) is 66.7 Å². The summed E-state index contributed by atoms with van der Waals surface area (Å²) >= 11 is 0. The summed E-state index contributed by atoms with van der Waals surface area (Å²) in [6.07, 6.45) is 0. The highest BCUT2D eigenvalue weighted by Crippen LogP contribution is 2.21. The molecule has 0 unspecified atom stereocenters. The van der Waals surface area contributed by atoms with Gasteiger partial charge >= 0.3 is 0 Å². The molecule has 32 heavy (non-hydrogen) atoms. The molecule has 0 spiro atoms. The van der Waals surface area contributed by atoms with Crippen molar-refractivity contribution < 1.29 is 22.0 Å². The molecule has 1 saturated heterocycles. The minimum absolute atomic E-state index is 0.0578. The topological polar surface area (TPSA) is 69.7 Å². The summed E-state index contributed by atoms with van der Waals surface area (Å²) in [5.74, 6) is -1.03. The zero-order valence-electron chi connectivity index (χ0n) is 17.0. The number of anilines is 2. The van der Waals surface area contributed by atoms with Gasteiger partial charge in [-0.3, -0.25) is 9.52 Å². The maximum absolute atomic E-state index is 13.1. The van der Waals surface area contributed by atoms with E-state index in [1.165, 1.54) is 42.5 Å². The summed E-state index contributed by atoms with van der Waals surface area (Å²) in [7, 11) is -3.94. The van der Waals surface area contributed by atoms with Crippen molar-refractivity contribution in [3.63, 3.8) is 0 Å². The summed E-state index contributed by atoms with van der Waals surface area (Å²) in [6, 6.07) is 17.0. The maximum Gasteiger partial charge on any atom is 0.261 e. The smallest absolute Gasteiger partial charge is 0.261 e. The molecule has 0 aromatic heterocycles. The van der Waals surface area contributed by atoms with Gasteiger partial charge in [0.05, 0.1) is 4.90 Å². The lowest BCUT2D eigenvalue weighted by Crippen LogP contribution is -2.48. The number of hydrogen-bond donors (Lipinski definition) is 1. The van der Waals surface area contributed by atoms with Crippen molar-refractivity contribution in [3.05, 3.63) is 90.0 Å². The number of halogens is 2. The number of carbonyl (C=O) groups is 1. The molecule has 1 N–H and O–H groups in total. The lowest BCUT2D eigenvalue weighted by Gasteiger charge is -2.36. The van der Waals surface area contributed by atoms with E-state index in [-0.39, 0.29) is 27.9 Å². The molecule has 3 aromatic rings. The van der Waals surface area contributed by atoms with Crippen molar-refractivity contribution in [2.24, 2.45) is 0 Å². The number of piperazine rings is 1. The van der Waals surface area contributed by atoms with E-state index in [2.05, 4.69) is 9.62 Å². The lowest BCUT2D eigenvalue weighted by atomic mass is 10.1. The van der Waals surface area contributed by atoms with E-state index >= 15 is 0 Å². The van der Waals surface area contributed by atoms with Gasteiger partial charge in [-0.15, -0.1) is 0 Å². The van der Waals surface area contributed by atoms with Crippen molar-refractivity contribution in [2.45, 2.75) is 4.90 Å². The van der Waals surface area contributed by atoms with Crippen LogP contribution in [0.2, 0.25) is 0 Å². The minimum atomic E-state index is -3.94. The average molecular weight is 458 g/mol. The second-order valence-electron chi connectivity index (χ2n) is 7.40. The Morgan fingerprint density at radius 1 is 0.812 bits per heavy atom. The zero-order valence-corrected chi connectivity index (χ0v) is 17.9. The number of sulfonamides is 1. The maximum atomic E-state index is 13.1. The highest BCUT2D eigenvalue weighted by molar-refractivity contribution is 7.92. The Labute approximate surface area is 185 Å². The van der Waals surface area contributed by atoms with Gasteiger partial charge in [0.1, 0.15) is 11.6 Å². The van der Waals surface area contributed by atoms with Gasteiger partial charge in [0, 0.05) is 43.1 Å². The molecule has 9 heteroatoms. The molecule has 3 aromatic carbocycles. The summed E-state index contributed by atoms with van der Waals surface area (Å²) in [5, 5.41) is 0. The molecular weight excluding hydrogens is 436 g/mol. The monoisotopic (exact) mass is 457 g/mol. The van der Waals surface area contributed by atoms with Crippen LogP contribution in [0.4, 0.5) is 20.2 Å². The van der Waals surface area contributed by atoms with Crippen LogP contribution >= 0.6 is 0 Å². The first kappa shape index (κ1) is 21.8. The van der Waals surface area contributed by atoms with E-state index < -0.39 is 15.8 Å². The van der Waals surface area contributed by atoms with Crippen LogP contribution in [0.25, 0.3) is 0 Å².